The summed E-state index contributed by atoms with van der Waals surface area (Å²) in [5.74, 6) is -2.22. The molecule has 0 radical (unpaired) electrons. The van der Waals surface area contributed by atoms with Gasteiger partial charge in [0.05, 0.1) is 26.4 Å². The second-order valence-corrected chi connectivity index (χ2v) is 5.67. The molecule has 7 heteroatoms. The number of methoxy groups -OCH3 is 2. The molecule has 0 aromatic heterocycles. The minimum Gasteiger partial charge on any atom is -0.497 e. The Morgan fingerprint density at radius 2 is 1.62 bits per heavy atom. The first-order chi connectivity index (χ1) is 11.5. The fraction of sp³-hybridized carbons (Fsp3) is 0.412. The highest BCUT2D eigenvalue weighted by Crippen LogP contribution is 2.40. The van der Waals surface area contributed by atoms with Gasteiger partial charge in [-0.3, -0.25) is 9.59 Å². The van der Waals surface area contributed by atoms with E-state index >= 15 is 0 Å². The quantitative estimate of drug-likeness (QED) is 0.621. The van der Waals surface area contributed by atoms with E-state index in [0.29, 0.717) is 17.1 Å². The summed E-state index contributed by atoms with van der Waals surface area (Å²) in [6.07, 6.45) is 2.29. The molecule has 7 nitrogen and oxygen atoms in total. The van der Waals surface area contributed by atoms with Gasteiger partial charge in [-0.1, -0.05) is 12.2 Å². The molecule has 0 aliphatic carbocycles. The summed E-state index contributed by atoms with van der Waals surface area (Å²) in [6, 6.07) is 5.16. The molecule has 1 saturated heterocycles. The van der Waals surface area contributed by atoms with Gasteiger partial charge < -0.3 is 24.1 Å². The van der Waals surface area contributed by atoms with Crippen LogP contribution in [0.2, 0.25) is 0 Å². The van der Waals surface area contributed by atoms with Crippen LogP contribution in [-0.4, -0.2) is 43.5 Å². The van der Waals surface area contributed by atoms with Crippen LogP contribution in [0.15, 0.2) is 30.4 Å². The molecule has 0 saturated carbocycles. The Bertz CT molecular complexity index is 659. The molecular formula is C17H18O7. The smallest absolute Gasteiger partial charge is 0.313 e. The van der Waals surface area contributed by atoms with Crippen molar-refractivity contribution in [3.05, 3.63) is 35.9 Å². The number of ether oxygens (including phenoxy) is 4. The summed E-state index contributed by atoms with van der Waals surface area (Å²) in [5.41, 5.74) is 0.686. The van der Waals surface area contributed by atoms with Crippen LogP contribution >= 0.6 is 0 Å². The molecule has 2 aliphatic rings. The molecule has 0 amide bonds. The van der Waals surface area contributed by atoms with Crippen molar-refractivity contribution >= 4 is 11.9 Å². The number of carbonyl (C=O) groups is 2. The third-order valence-electron chi connectivity index (χ3n) is 4.25. The Balaban J connectivity index is 1.70. The van der Waals surface area contributed by atoms with Gasteiger partial charge in [0.15, 0.2) is 0 Å². The van der Waals surface area contributed by atoms with Crippen LogP contribution < -0.4 is 9.47 Å². The van der Waals surface area contributed by atoms with E-state index < -0.39 is 36.0 Å². The van der Waals surface area contributed by atoms with Crippen LogP contribution in [0.25, 0.3) is 0 Å². The van der Waals surface area contributed by atoms with Crippen LogP contribution in [-0.2, 0) is 25.7 Å². The molecule has 24 heavy (non-hydrogen) atoms. The fourth-order valence-electron chi connectivity index (χ4n) is 3.08. The molecule has 4 unspecified atom stereocenters. The van der Waals surface area contributed by atoms with Gasteiger partial charge >= 0.3 is 11.9 Å². The van der Waals surface area contributed by atoms with Crippen molar-refractivity contribution < 1.29 is 33.6 Å². The average molecular weight is 334 g/mol. The lowest BCUT2D eigenvalue weighted by molar-refractivity contribution is -0.157. The Morgan fingerprint density at radius 3 is 2.17 bits per heavy atom. The fourth-order valence-corrected chi connectivity index (χ4v) is 3.08. The molecule has 1 fully saturated rings. The number of aliphatic carboxylic acids is 1. The topological polar surface area (TPSA) is 91.3 Å². The zero-order valence-electron chi connectivity index (χ0n) is 13.3. The zero-order chi connectivity index (χ0) is 17.3. The first kappa shape index (κ1) is 16.3. The van der Waals surface area contributed by atoms with Crippen molar-refractivity contribution in [3.63, 3.8) is 0 Å². The lowest BCUT2D eigenvalue weighted by Gasteiger charge is -2.20. The maximum Gasteiger partial charge on any atom is 0.313 e. The first-order valence-electron chi connectivity index (χ1n) is 7.48. The number of fused-ring (bicyclic) bond motifs is 2. The van der Waals surface area contributed by atoms with Crippen molar-refractivity contribution in [1.29, 1.82) is 0 Å². The second kappa shape index (κ2) is 6.52. The molecule has 128 valence electrons. The zero-order valence-corrected chi connectivity index (χ0v) is 13.3. The summed E-state index contributed by atoms with van der Waals surface area (Å²) in [7, 11) is 3.06. The van der Waals surface area contributed by atoms with Gasteiger partial charge in [-0.05, 0) is 17.7 Å². The highest BCUT2D eigenvalue weighted by atomic mass is 16.5. The molecule has 0 spiro atoms. The van der Waals surface area contributed by atoms with Gasteiger partial charge in [0.25, 0.3) is 0 Å². The predicted octanol–water partition coefficient (Wildman–Crippen LogP) is 1.40. The SMILES string of the molecule is COc1cc(COC(=O)C2C3C=CC(O3)C2C(=O)O)cc(OC)c1. The minimum atomic E-state index is -1.06. The van der Waals surface area contributed by atoms with E-state index in [1.165, 1.54) is 14.2 Å². The van der Waals surface area contributed by atoms with Crippen molar-refractivity contribution in [3.8, 4) is 11.5 Å². The second-order valence-electron chi connectivity index (χ2n) is 5.67. The van der Waals surface area contributed by atoms with E-state index in [1.54, 1.807) is 30.4 Å². The van der Waals surface area contributed by atoms with Gasteiger partial charge in [0.1, 0.15) is 29.9 Å². The standard InChI is InChI=1S/C17H18O7/c1-21-10-5-9(6-11(7-10)22-2)8-23-17(20)15-13-4-3-12(24-13)14(15)16(18)19/h3-7,12-15H,8H2,1-2H3,(H,18,19). The van der Waals surface area contributed by atoms with Gasteiger partial charge in [-0.25, -0.2) is 0 Å². The Kier molecular flexibility index (Phi) is 4.44. The minimum absolute atomic E-state index is 0.00364. The third kappa shape index (κ3) is 2.94. The van der Waals surface area contributed by atoms with E-state index in [2.05, 4.69) is 0 Å². The number of carbonyl (C=O) groups excluding carboxylic acids is 1. The summed E-state index contributed by atoms with van der Waals surface area (Å²) < 4.78 is 21.1. The van der Waals surface area contributed by atoms with Gasteiger partial charge in [0.2, 0.25) is 0 Å². The highest BCUT2D eigenvalue weighted by molar-refractivity contribution is 5.84. The average Bonchev–Trinajstić information content (AvgIpc) is 3.20. The van der Waals surface area contributed by atoms with Gasteiger partial charge in [0, 0.05) is 6.07 Å². The number of hydrogen-bond acceptors (Lipinski definition) is 6. The Morgan fingerprint density at radius 1 is 1.04 bits per heavy atom. The van der Waals surface area contributed by atoms with E-state index in [4.69, 9.17) is 18.9 Å². The van der Waals surface area contributed by atoms with Gasteiger partial charge in [-0.2, -0.15) is 0 Å². The Labute approximate surface area is 138 Å². The number of benzene rings is 1. The molecule has 1 aromatic rings. The monoisotopic (exact) mass is 334 g/mol. The van der Waals surface area contributed by atoms with Crippen LogP contribution in [0.1, 0.15) is 5.56 Å². The predicted molar refractivity (Wildman–Crippen MR) is 81.8 cm³/mol. The summed E-state index contributed by atoms with van der Waals surface area (Å²) in [4.78, 5) is 23.8. The van der Waals surface area contributed by atoms with Crippen molar-refractivity contribution in [1.82, 2.24) is 0 Å². The maximum absolute atomic E-state index is 12.4. The van der Waals surface area contributed by atoms with Crippen molar-refractivity contribution in [2.45, 2.75) is 18.8 Å². The lowest BCUT2D eigenvalue weighted by Crippen LogP contribution is -2.37. The number of carboxylic acid groups (broad SMARTS) is 1. The molecule has 2 aliphatic heterocycles. The van der Waals surface area contributed by atoms with Crippen LogP contribution in [0.4, 0.5) is 0 Å². The molecule has 4 atom stereocenters. The lowest BCUT2D eigenvalue weighted by atomic mass is 9.83. The third-order valence-corrected chi connectivity index (χ3v) is 4.25. The molecule has 1 aromatic carbocycles. The molecule has 3 rings (SSSR count). The molecule has 2 heterocycles. The highest BCUT2D eigenvalue weighted by Gasteiger charge is 2.54. The normalized spacial score (nSPS) is 27.1. The Hall–Kier alpha value is -2.54. The van der Waals surface area contributed by atoms with Crippen LogP contribution in [0.3, 0.4) is 0 Å². The number of rotatable bonds is 6. The molecular weight excluding hydrogens is 316 g/mol. The molecule has 2 bridgehead atoms. The number of hydrogen-bond donors (Lipinski definition) is 1. The van der Waals surface area contributed by atoms with E-state index in [-0.39, 0.29) is 6.61 Å². The molecule has 1 N–H and O–H groups in total. The summed E-state index contributed by atoms with van der Waals surface area (Å²) in [5, 5.41) is 9.32. The van der Waals surface area contributed by atoms with Crippen molar-refractivity contribution in [2.24, 2.45) is 11.8 Å². The largest absolute Gasteiger partial charge is 0.497 e. The van der Waals surface area contributed by atoms with Gasteiger partial charge in [-0.15, -0.1) is 0 Å². The number of carboxylic acids is 1. The maximum atomic E-state index is 12.4. The van der Waals surface area contributed by atoms with Crippen molar-refractivity contribution in [2.75, 3.05) is 14.2 Å². The van der Waals surface area contributed by atoms with Crippen LogP contribution in [0, 0.1) is 11.8 Å². The van der Waals surface area contributed by atoms with E-state index in [1.807, 2.05) is 0 Å². The van der Waals surface area contributed by atoms with E-state index in [0.717, 1.165) is 0 Å². The number of esters is 1. The summed E-state index contributed by atoms with van der Waals surface area (Å²) >= 11 is 0. The first-order valence-corrected chi connectivity index (χ1v) is 7.48. The summed E-state index contributed by atoms with van der Waals surface area (Å²) in [6.45, 7) is -0.00364. The van der Waals surface area contributed by atoms with Crippen LogP contribution in [0.5, 0.6) is 11.5 Å². The van der Waals surface area contributed by atoms with E-state index in [9.17, 15) is 14.7 Å².